The summed E-state index contributed by atoms with van der Waals surface area (Å²) in [7, 11) is 0. The number of benzene rings is 1. The zero-order chi connectivity index (χ0) is 21.8. The molecule has 1 aliphatic heterocycles. The number of carbonyl (C=O) groups is 2. The van der Waals surface area contributed by atoms with E-state index in [-0.39, 0.29) is 24.3 Å². The number of amides is 3. The van der Waals surface area contributed by atoms with Gasteiger partial charge in [0.25, 0.3) is 0 Å². The molecule has 2 rings (SSSR count). The van der Waals surface area contributed by atoms with E-state index in [1.807, 2.05) is 32.9 Å². The van der Waals surface area contributed by atoms with Crippen LogP contribution in [0.2, 0.25) is 0 Å². The van der Waals surface area contributed by atoms with E-state index in [0.717, 1.165) is 11.3 Å². The summed E-state index contributed by atoms with van der Waals surface area (Å²) in [5.74, 6) is 0.776. The van der Waals surface area contributed by atoms with Gasteiger partial charge in [-0.15, -0.1) is 0 Å². The van der Waals surface area contributed by atoms with Crippen molar-refractivity contribution in [3.05, 3.63) is 29.3 Å². The number of ether oxygens (including phenoxy) is 2. The average molecular weight is 406 g/mol. The fourth-order valence-corrected chi connectivity index (χ4v) is 3.06. The largest absolute Gasteiger partial charge is 0.473 e. The van der Waals surface area contributed by atoms with Crippen molar-refractivity contribution in [3.8, 4) is 5.75 Å². The first-order valence-electron chi connectivity index (χ1n) is 10.1. The molecule has 1 saturated heterocycles. The standard InChI is InChI=1S/C22H35N3O4/c1-16-8-9-18(17(14-16)21(2,3)4)28-15-23-19(26)24-10-12-25(13-11-24)20(27)29-22(5,6)7/h8-9,14H,10-13,15H2,1-7H3,(H,23,26). The molecule has 0 aliphatic carbocycles. The Balaban J connectivity index is 1.82. The molecule has 0 radical (unpaired) electrons. The summed E-state index contributed by atoms with van der Waals surface area (Å²) in [4.78, 5) is 27.9. The minimum Gasteiger partial charge on any atom is -0.473 e. The molecule has 7 heteroatoms. The second-order valence-electron chi connectivity index (χ2n) is 9.47. The minimum absolute atomic E-state index is 0.0522. The summed E-state index contributed by atoms with van der Waals surface area (Å²) in [5.41, 5.74) is 1.71. The molecule has 0 saturated carbocycles. The molecular weight excluding hydrogens is 370 g/mol. The number of hydrogen-bond acceptors (Lipinski definition) is 4. The van der Waals surface area contributed by atoms with Gasteiger partial charge >= 0.3 is 12.1 Å². The Morgan fingerprint density at radius 1 is 1.00 bits per heavy atom. The lowest BCUT2D eigenvalue weighted by atomic mass is 9.85. The Morgan fingerprint density at radius 2 is 1.59 bits per heavy atom. The van der Waals surface area contributed by atoms with Crippen molar-refractivity contribution in [3.63, 3.8) is 0 Å². The van der Waals surface area contributed by atoms with Gasteiger partial charge in [-0.3, -0.25) is 0 Å². The number of piperazine rings is 1. The smallest absolute Gasteiger partial charge is 0.410 e. The highest BCUT2D eigenvalue weighted by Crippen LogP contribution is 2.32. The lowest BCUT2D eigenvalue weighted by molar-refractivity contribution is 0.0168. The third-order valence-corrected chi connectivity index (χ3v) is 4.61. The molecule has 0 bridgehead atoms. The van der Waals surface area contributed by atoms with Crippen molar-refractivity contribution in [1.29, 1.82) is 0 Å². The molecule has 3 amide bonds. The fourth-order valence-electron chi connectivity index (χ4n) is 3.06. The predicted molar refractivity (Wildman–Crippen MR) is 113 cm³/mol. The van der Waals surface area contributed by atoms with E-state index in [2.05, 4.69) is 39.1 Å². The molecule has 1 heterocycles. The molecule has 1 aliphatic rings. The Hall–Kier alpha value is -2.44. The van der Waals surface area contributed by atoms with Crippen LogP contribution in [0.1, 0.15) is 52.7 Å². The average Bonchev–Trinajstić information content (AvgIpc) is 2.60. The number of nitrogens with one attached hydrogen (secondary N) is 1. The highest BCUT2D eigenvalue weighted by atomic mass is 16.6. The summed E-state index contributed by atoms with van der Waals surface area (Å²) in [5, 5.41) is 2.81. The van der Waals surface area contributed by atoms with E-state index in [4.69, 9.17) is 9.47 Å². The fraction of sp³-hybridized carbons (Fsp3) is 0.636. The molecule has 0 aromatic heterocycles. The molecule has 0 atom stereocenters. The SMILES string of the molecule is Cc1ccc(OCNC(=O)N2CCN(C(=O)OC(C)(C)C)CC2)c(C(C)(C)C)c1. The van der Waals surface area contributed by atoms with Crippen LogP contribution >= 0.6 is 0 Å². The highest BCUT2D eigenvalue weighted by Gasteiger charge is 2.27. The van der Waals surface area contributed by atoms with Gasteiger partial charge in [0.2, 0.25) is 0 Å². The van der Waals surface area contributed by atoms with E-state index in [1.54, 1.807) is 9.80 Å². The molecular formula is C22H35N3O4. The quantitative estimate of drug-likeness (QED) is 0.775. The van der Waals surface area contributed by atoms with E-state index in [9.17, 15) is 9.59 Å². The molecule has 1 aromatic rings. The number of aryl methyl sites for hydroxylation is 1. The molecule has 0 spiro atoms. The number of carbonyl (C=O) groups excluding carboxylic acids is 2. The molecule has 1 aromatic carbocycles. The van der Waals surface area contributed by atoms with Crippen LogP contribution in [0.4, 0.5) is 9.59 Å². The molecule has 0 unspecified atom stereocenters. The van der Waals surface area contributed by atoms with Gasteiger partial charge in [-0.1, -0.05) is 38.5 Å². The van der Waals surface area contributed by atoms with Crippen molar-refractivity contribution in [2.45, 2.75) is 59.5 Å². The molecule has 1 N–H and O–H groups in total. The molecule has 29 heavy (non-hydrogen) atoms. The lowest BCUT2D eigenvalue weighted by Crippen LogP contribution is -2.54. The Kier molecular flexibility index (Phi) is 7.03. The lowest BCUT2D eigenvalue weighted by Gasteiger charge is -2.35. The van der Waals surface area contributed by atoms with E-state index in [0.29, 0.717) is 26.2 Å². The van der Waals surface area contributed by atoms with Crippen LogP contribution in [-0.4, -0.2) is 60.4 Å². The van der Waals surface area contributed by atoms with Crippen LogP contribution in [-0.2, 0) is 10.2 Å². The number of rotatable bonds is 3. The monoisotopic (exact) mass is 405 g/mol. The van der Waals surface area contributed by atoms with Crippen LogP contribution in [0.25, 0.3) is 0 Å². The number of nitrogens with zero attached hydrogens (tertiary/aromatic N) is 2. The minimum atomic E-state index is -0.523. The van der Waals surface area contributed by atoms with Crippen molar-refractivity contribution >= 4 is 12.1 Å². The molecule has 7 nitrogen and oxygen atoms in total. The van der Waals surface area contributed by atoms with Crippen LogP contribution in [0, 0.1) is 6.92 Å². The normalized spacial score (nSPS) is 15.1. The predicted octanol–water partition coefficient (Wildman–Crippen LogP) is 3.89. The Labute approximate surface area is 174 Å². The van der Waals surface area contributed by atoms with Gasteiger partial charge in [0.15, 0.2) is 6.73 Å². The summed E-state index contributed by atoms with van der Waals surface area (Å²) in [6, 6.07) is 5.87. The maximum absolute atomic E-state index is 12.4. The van der Waals surface area contributed by atoms with Gasteiger partial charge in [0, 0.05) is 26.2 Å². The van der Waals surface area contributed by atoms with Gasteiger partial charge < -0.3 is 24.6 Å². The van der Waals surface area contributed by atoms with Crippen molar-refractivity contribution in [2.75, 3.05) is 32.9 Å². The topological polar surface area (TPSA) is 71.1 Å². The van der Waals surface area contributed by atoms with Crippen molar-refractivity contribution in [1.82, 2.24) is 15.1 Å². The van der Waals surface area contributed by atoms with Gasteiger partial charge in [0.1, 0.15) is 11.4 Å². The van der Waals surface area contributed by atoms with Crippen LogP contribution in [0.15, 0.2) is 18.2 Å². The zero-order valence-electron chi connectivity index (χ0n) is 18.8. The summed E-state index contributed by atoms with van der Waals surface area (Å²) >= 11 is 0. The summed E-state index contributed by atoms with van der Waals surface area (Å²) < 4.78 is 11.2. The zero-order valence-corrected chi connectivity index (χ0v) is 18.8. The van der Waals surface area contributed by atoms with Gasteiger partial charge in [-0.2, -0.15) is 0 Å². The number of hydrogen-bond donors (Lipinski definition) is 1. The Bertz CT molecular complexity index is 727. The number of urea groups is 1. The molecule has 1 fully saturated rings. The second-order valence-corrected chi connectivity index (χ2v) is 9.47. The van der Waals surface area contributed by atoms with E-state index in [1.165, 1.54) is 5.56 Å². The van der Waals surface area contributed by atoms with Crippen LogP contribution in [0.3, 0.4) is 0 Å². The first-order valence-corrected chi connectivity index (χ1v) is 10.1. The second kappa shape index (κ2) is 8.93. The van der Waals surface area contributed by atoms with Crippen LogP contribution < -0.4 is 10.1 Å². The highest BCUT2D eigenvalue weighted by molar-refractivity contribution is 5.75. The van der Waals surface area contributed by atoms with Crippen molar-refractivity contribution < 1.29 is 19.1 Å². The summed E-state index contributed by atoms with van der Waals surface area (Å²) in [6.07, 6.45) is -0.338. The third-order valence-electron chi connectivity index (χ3n) is 4.61. The maximum atomic E-state index is 12.4. The first-order chi connectivity index (χ1) is 13.4. The van der Waals surface area contributed by atoms with Gasteiger partial charge in [-0.05, 0) is 44.7 Å². The molecule has 162 valence electrons. The maximum Gasteiger partial charge on any atom is 0.410 e. The van der Waals surface area contributed by atoms with E-state index >= 15 is 0 Å². The first kappa shape index (κ1) is 22.8. The van der Waals surface area contributed by atoms with Gasteiger partial charge in [0.05, 0.1) is 0 Å². The van der Waals surface area contributed by atoms with E-state index < -0.39 is 5.60 Å². The summed E-state index contributed by atoms with van der Waals surface area (Å²) in [6.45, 7) is 15.9. The third kappa shape index (κ3) is 6.84. The van der Waals surface area contributed by atoms with Crippen LogP contribution in [0.5, 0.6) is 5.75 Å². The van der Waals surface area contributed by atoms with Crippen molar-refractivity contribution in [2.24, 2.45) is 0 Å². The van der Waals surface area contributed by atoms with Gasteiger partial charge in [-0.25, -0.2) is 9.59 Å². The Morgan fingerprint density at radius 3 is 2.14 bits per heavy atom.